The minimum absolute atomic E-state index is 0.0600. The van der Waals surface area contributed by atoms with Gasteiger partial charge in [-0.1, -0.05) is 0 Å². The van der Waals surface area contributed by atoms with Crippen molar-refractivity contribution < 1.29 is 18.3 Å². The summed E-state index contributed by atoms with van der Waals surface area (Å²) >= 11 is 0. The first-order valence-corrected chi connectivity index (χ1v) is 7.33. The number of carboxylic acids is 1. The van der Waals surface area contributed by atoms with Crippen molar-refractivity contribution in [2.45, 2.75) is 23.8 Å². The van der Waals surface area contributed by atoms with Crippen LogP contribution in [0.25, 0.3) is 0 Å². The van der Waals surface area contributed by atoms with Crippen LogP contribution in [0.1, 0.15) is 12.8 Å². The summed E-state index contributed by atoms with van der Waals surface area (Å²) in [4.78, 5) is 16.9. The zero-order valence-electron chi connectivity index (χ0n) is 10.4. The Morgan fingerprint density at radius 2 is 2.26 bits per heavy atom. The van der Waals surface area contributed by atoms with Gasteiger partial charge in [0.15, 0.2) is 0 Å². The fraction of sp³-hybridized carbons (Fsp3) is 0.455. The fourth-order valence-corrected chi connectivity index (χ4v) is 2.79. The van der Waals surface area contributed by atoms with E-state index in [1.165, 1.54) is 25.4 Å². The molecule has 1 aliphatic heterocycles. The smallest absolute Gasteiger partial charge is 0.326 e. The minimum Gasteiger partial charge on any atom is -0.480 e. The quantitative estimate of drug-likeness (QED) is 0.810. The van der Waals surface area contributed by atoms with Gasteiger partial charge in [-0.2, -0.15) is 0 Å². The van der Waals surface area contributed by atoms with E-state index < -0.39 is 22.0 Å². The normalized spacial score (nSPS) is 19.6. The second kappa shape index (κ2) is 5.14. The maximum atomic E-state index is 11.5. The van der Waals surface area contributed by atoms with Crippen molar-refractivity contribution in [2.24, 2.45) is 0 Å². The van der Waals surface area contributed by atoms with Crippen LogP contribution in [0.3, 0.4) is 0 Å². The molecule has 7 nitrogen and oxygen atoms in total. The van der Waals surface area contributed by atoms with Crippen LogP contribution in [0.15, 0.2) is 23.2 Å². The van der Waals surface area contributed by atoms with E-state index in [9.17, 15) is 13.2 Å². The second-order valence-electron chi connectivity index (χ2n) is 4.25. The molecule has 1 fully saturated rings. The van der Waals surface area contributed by atoms with Crippen molar-refractivity contribution >= 4 is 21.8 Å². The number of hydrogen-bond donors (Lipinski definition) is 2. The first-order valence-electron chi connectivity index (χ1n) is 5.85. The highest BCUT2D eigenvalue weighted by Crippen LogP contribution is 2.24. The van der Waals surface area contributed by atoms with E-state index in [0.29, 0.717) is 18.8 Å². The van der Waals surface area contributed by atoms with Crippen LogP contribution in [-0.2, 0) is 14.8 Å². The molecule has 104 valence electrons. The zero-order chi connectivity index (χ0) is 14.0. The highest BCUT2D eigenvalue weighted by atomic mass is 32.2. The van der Waals surface area contributed by atoms with Crippen LogP contribution in [0.2, 0.25) is 0 Å². The van der Waals surface area contributed by atoms with Gasteiger partial charge in [-0.3, -0.25) is 0 Å². The molecule has 8 heteroatoms. The molecule has 1 unspecified atom stereocenters. The molecule has 0 saturated carbocycles. The predicted octanol–water partition coefficient (Wildman–Crippen LogP) is 0.0431. The molecular formula is C11H15N3O4S. The molecule has 1 aromatic heterocycles. The van der Waals surface area contributed by atoms with Crippen molar-refractivity contribution in [3.63, 3.8) is 0 Å². The molecule has 2 rings (SSSR count). The van der Waals surface area contributed by atoms with Crippen molar-refractivity contribution in [1.29, 1.82) is 0 Å². The average molecular weight is 285 g/mol. The van der Waals surface area contributed by atoms with Gasteiger partial charge < -0.3 is 10.0 Å². The molecule has 0 spiro atoms. The lowest BCUT2D eigenvalue weighted by molar-refractivity contribution is -0.138. The summed E-state index contributed by atoms with van der Waals surface area (Å²) in [6.45, 7) is 0.613. The van der Waals surface area contributed by atoms with E-state index in [1.807, 2.05) is 0 Å². The Labute approximate surface area is 111 Å². The first-order chi connectivity index (χ1) is 8.95. The molecule has 2 heterocycles. The molecule has 19 heavy (non-hydrogen) atoms. The summed E-state index contributed by atoms with van der Waals surface area (Å²) < 4.78 is 25.3. The molecule has 0 aliphatic carbocycles. The molecule has 1 atom stereocenters. The van der Waals surface area contributed by atoms with Crippen LogP contribution >= 0.6 is 0 Å². The number of aromatic nitrogens is 1. The highest BCUT2D eigenvalue weighted by Gasteiger charge is 2.31. The monoisotopic (exact) mass is 285 g/mol. The Bertz CT molecular complexity index is 570. The van der Waals surface area contributed by atoms with Gasteiger partial charge in [0.05, 0.1) is 0 Å². The standard InChI is InChI=1S/C11H15N3O4S/c1-12-19(17,18)8-4-5-10(13-7-8)14-6-2-3-9(14)11(15)16/h4-5,7,9,12H,2-3,6H2,1H3,(H,15,16). The van der Waals surface area contributed by atoms with E-state index in [-0.39, 0.29) is 4.90 Å². The van der Waals surface area contributed by atoms with E-state index >= 15 is 0 Å². The van der Waals surface area contributed by atoms with Gasteiger partial charge in [-0.25, -0.2) is 22.9 Å². The lowest BCUT2D eigenvalue weighted by atomic mass is 10.2. The third-order valence-corrected chi connectivity index (χ3v) is 4.53. The Balaban J connectivity index is 2.26. The van der Waals surface area contributed by atoms with Gasteiger partial charge in [-0.15, -0.1) is 0 Å². The topological polar surface area (TPSA) is 99.6 Å². The summed E-state index contributed by atoms with van der Waals surface area (Å²) in [6.07, 6.45) is 2.60. The van der Waals surface area contributed by atoms with Gasteiger partial charge in [0.2, 0.25) is 10.0 Å². The van der Waals surface area contributed by atoms with Crippen LogP contribution in [0, 0.1) is 0 Å². The SMILES string of the molecule is CNS(=O)(=O)c1ccc(N2CCCC2C(=O)O)nc1. The molecule has 1 aliphatic rings. The Kier molecular flexibility index (Phi) is 3.72. The van der Waals surface area contributed by atoms with Crippen molar-refractivity contribution in [3.8, 4) is 0 Å². The molecule has 0 bridgehead atoms. The van der Waals surface area contributed by atoms with Crippen molar-refractivity contribution in [2.75, 3.05) is 18.5 Å². The third-order valence-electron chi connectivity index (χ3n) is 3.13. The van der Waals surface area contributed by atoms with Crippen LogP contribution in [-0.4, -0.2) is 44.1 Å². The Morgan fingerprint density at radius 1 is 1.53 bits per heavy atom. The summed E-state index contributed by atoms with van der Waals surface area (Å²) in [5.41, 5.74) is 0. The highest BCUT2D eigenvalue weighted by molar-refractivity contribution is 7.89. The van der Waals surface area contributed by atoms with Crippen LogP contribution in [0.5, 0.6) is 0 Å². The van der Waals surface area contributed by atoms with Crippen molar-refractivity contribution in [3.05, 3.63) is 18.3 Å². The van der Waals surface area contributed by atoms with E-state index in [1.54, 1.807) is 4.90 Å². The number of nitrogens with zero attached hydrogens (tertiary/aromatic N) is 2. The Hall–Kier alpha value is -1.67. The second-order valence-corrected chi connectivity index (χ2v) is 6.14. The number of nitrogens with one attached hydrogen (secondary N) is 1. The number of rotatable bonds is 4. The molecule has 0 aromatic carbocycles. The molecule has 1 aromatic rings. The van der Waals surface area contributed by atoms with Gasteiger partial charge in [0.25, 0.3) is 0 Å². The molecule has 0 amide bonds. The summed E-state index contributed by atoms with van der Waals surface area (Å²) in [7, 11) is -2.19. The van der Waals surface area contributed by atoms with Crippen molar-refractivity contribution in [1.82, 2.24) is 9.71 Å². The van der Waals surface area contributed by atoms with E-state index in [2.05, 4.69) is 9.71 Å². The van der Waals surface area contributed by atoms with E-state index in [0.717, 1.165) is 6.42 Å². The summed E-state index contributed by atoms with van der Waals surface area (Å²) in [6, 6.07) is 2.37. The molecule has 1 saturated heterocycles. The number of carbonyl (C=O) groups is 1. The Morgan fingerprint density at radius 3 is 2.79 bits per heavy atom. The average Bonchev–Trinajstić information content (AvgIpc) is 2.88. The number of anilines is 1. The number of aliphatic carboxylic acids is 1. The number of sulfonamides is 1. The largest absolute Gasteiger partial charge is 0.480 e. The number of hydrogen-bond acceptors (Lipinski definition) is 5. The third kappa shape index (κ3) is 2.69. The molecule has 2 N–H and O–H groups in total. The maximum Gasteiger partial charge on any atom is 0.326 e. The number of pyridine rings is 1. The van der Waals surface area contributed by atoms with Crippen LogP contribution < -0.4 is 9.62 Å². The van der Waals surface area contributed by atoms with Gasteiger partial charge >= 0.3 is 5.97 Å². The van der Waals surface area contributed by atoms with E-state index in [4.69, 9.17) is 5.11 Å². The number of carboxylic acid groups (broad SMARTS) is 1. The first kappa shape index (κ1) is 13.8. The van der Waals surface area contributed by atoms with Gasteiger partial charge in [-0.05, 0) is 32.0 Å². The van der Waals surface area contributed by atoms with Gasteiger partial charge in [0, 0.05) is 12.7 Å². The fourth-order valence-electron chi connectivity index (χ4n) is 2.12. The summed E-state index contributed by atoms with van der Waals surface area (Å²) in [5.74, 6) is -0.397. The van der Waals surface area contributed by atoms with Crippen LogP contribution in [0.4, 0.5) is 5.82 Å². The minimum atomic E-state index is -3.52. The predicted molar refractivity (Wildman–Crippen MR) is 68.5 cm³/mol. The maximum absolute atomic E-state index is 11.5. The molecular weight excluding hydrogens is 270 g/mol. The van der Waals surface area contributed by atoms with Gasteiger partial charge in [0.1, 0.15) is 16.8 Å². The lowest BCUT2D eigenvalue weighted by Gasteiger charge is -2.22. The zero-order valence-corrected chi connectivity index (χ0v) is 11.2. The molecule has 0 radical (unpaired) electrons. The summed E-state index contributed by atoms with van der Waals surface area (Å²) in [5, 5.41) is 9.09. The lowest BCUT2D eigenvalue weighted by Crippen LogP contribution is -2.36.